The normalized spacial score (nSPS) is 20.7. The van der Waals surface area contributed by atoms with Crippen LogP contribution in [0.3, 0.4) is 0 Å². The predicted molar refractivity (Wildman–Crippen MR) is 86.7 cm³/mol. The second kappa shape index (κ2) is 6.40. The summed E-state index contributed by atoms with van der Waals surface area (Å²) < 4.78 is 0. The van der Waals surface area contributed by atoms with Gasteiger partial charge in [-0.25, -0.2) is 0 Å². The van der Waals surface area contributed by atoms with Gasteiger partial charge < -0.3 is 4.90 Å². The van der Waals surface area contributed by atoms with Gasteiger partial charge >= 0.3 is 0 Å². The van der Waals surface area contributed by atoms with Crippen molar-refractivity contribution in [3.05, 3.63) is 46.0 Å². The van der Waals surface area contributed by atoms with E-state index >= 15 is 0 Å². The van der Waals surface area contributed by atoms with Gasteiger partial charge in [-0.05, 0) is 29.5 Å². The zero-order valence-electron chi connectivity index (χ0n) is 10.1. The molecule has 0 saturated carbocycles. The highest BCUT2D eigenvalue weighted by Gasteiger charge is 2.31. The summed E-state index contributed by atoms with van der Waals surface area (Å²) in [7, 11) is 0. The monoisotopic (exact) mass is 334 g/mol. The van der Waals surface area contributed by atoms with E-state index in [2.05, 4.69) is 22.4 Å². The zero-order valence-corrected chi connectivity index (χ0v) is 13.2. The lowest BCUT2D eigenvalue weighted by Crippen LogP contribution is -2.25. The molecule has 1 aromatic rings. The van der Waals surface area contributed by atoms with Gasteiger partial charge in [0.2, 0.25) is 0 Å². The quantitative estimate of drug-likeness (QED) is 0.770. The van der Waals surface area contributed by atoms with Gasteiger partial charge in [0.05, 0.1) is 11.9 Å². The molecule has 0 fully saturated rings. The van der Waals surface area contributed by atoms with Crippen molar-refractivity contribution in [3.8, 4) is 0 Å². The molecule has 0 aromatic heterocycles. The fraction of sp³-hybridized carbons (Fsp3) is 0.308. The molecule has 1 aromatic carbocycles. The number of amidine groups is 1. The maximum Gasteiger partial charge on any atom is 0.168 e. The van der Waals surface area contributed by atoms with E-state index in [1.807, 2.05) is 12.1 Å². The van der Waals surface area contributed by atoms with E-state index in [-0.39, 0.29) is 12.4 Å². The van der Waals surface area contributed by atoms with E-state index in [4.69, 9.17) is 28.2 Å². The lowest BCUT2D eigenvalue weighted by Gasteiger charge is -2.16. The van der Waals surface area contributed by atoms with Crippen LogP contribution in [0.1, 0.15) is 5.56 Å². The third-order valence-corrected chi connectivity index (χ3v) is 4.54. The van der Waals surface area contributed by atoms with Gasteiger partial charge in [-0.3, -0.25) is 4.99 Å². The summed E-state index contributed by atoms with van der Waals surface area (Å²) in [5.41, 5.74) is 2.44. The third kappa shape index (κ3) is 3.22. The topological polar surface area (TPSA) is 15.6 Å². The van der Waals surface area contributed by atoms with Crippen molar-refractivity contribution in [2.24, 2.45) is 4.99 Å². The van der Waals surface area contributed by atoms with E-state index in [9.17, 15) is 0 Å². The second-order valence-electron chi connectivity index (χ2n) is 4.37. The standard InChI is InChI=1S/C13H12Cl2N2S.ClH/c14-6-12-8-18-13-16-11(7-17(12)13)5-9-1-3-10(15)4-2-9;/h1-4,8,11H,5-7H2;1H. The first-order valence-corrected chi connectivity index (χ1v) is 7.57. The fourth-order valence-electron chi connectivity index (χ4n) is 2.18. The molecule has 3 rings (SSSR count). The number of rotatable bonds is 3. The Kier molecular flexibility index (Phi) is 5.07. The summed E-state index contributed by atoms with van der Waals surface area (Å²) in [6, 6.07) is 8.31. The van der Waals surface area contributed by atoms with E-state index in [0.717, 1.165) is 23.2 Å². The Morgan fingerprint density at radius 1 is 1.32 bits per heavy atom. The van der Waals surface area contributed by atoms with Crippen LogP contribution in [0.25, 0.3) is 0 Å². The Morgan fingerprint density at radius 3 is 2.74 bits per heavy atom. The van der Waals surface area contributed by atoms with Gasteiger partial charge in [-0.2, -0.15) is 0 Å². The molecular weight excluding hydrogens is 323 g/mol. The van der Waals surface area contributed by atoms with Crippen LogP contribution in [0.2, 0.25) is 5.02 Å². The molecule has 2 nitrogen and oxygen atoms in total. The van der Waals surface area contributed by atoms with Crippen molar-refractivity contribution in [1.82, 2.24) is 4.90 Å². The zero-order chi connectivity index (χ0) is 12.5. The SMILES string of the molecule is Cl.ClCC1=CSC2=NC(Cc3ccc(Cl)cc3)CN12. The number of aliphatic imine (C=N–C) groups is 1. The average molecular weight is 336 g/mol. The summed E-state index contributed by atoms with van der Waals surface area (Å²) in [5.74, 6) is 0.555. The summed E-state index contributed by atoms with van der Waals surface area (Å²) in [5, 5.41) is 3.95. The third-order valence-electron chi connectivity index (χ3n) is 3.09. The minimum atomic E-state index is 0. The van der Waals surface area contributed by atoms with Gasteiger partial charge in [0.15, 0.2) is 5.17 Å². The van der Waals surface area contributed by atoms with Crippen LogP contribution in [-0.2, 0) is 6.42 Å². The van der Waals surface area contributed by atoms with E-state index in [0.29, 0.717) is 11.9 Å². The van der Waals surface area contributed by atoms with Gasteiger partial charge in [0.1, 0.15) is 0 Å². The summed E-state index contributed by atoms with van der Waals surface area (Å²) in [4.78, 5) is 6.95. The van der Waals surface area contributed by atoms with Crippen LogP contribution >= 0.6 is 47.4 Å². The molecule has 19 heavy (non-hydrogen) atoms. The van der Waals surface area contributed by atoms with Crippen LogP contribution < -0.4 is 0 Å². The van der Waals surface area contributed by atoms with Crippen molar-refractivity contribution in [2.45, 2.75) is 12.5 Å². The molecule has 0 aliphatic carbocycles. The smallest absolute Gasteiger partial charge is 0.168 e. The number of halogens is 3. The summed E-state index contributed by atoms with van der Waals surface area (Å²) in [6.45, 7) is 0.934. The maximum absolute atomic E-state index is 5.91. The van der Waals surface area contributed by atoms with Crippen molar-refractivity contribution in [1.29, 1.82) is 0 Å². The molecule has 0 bridgehead atoms. The molecule has 1 atom stereocenters. The molecule has 6 heteroatoms. The minimum Gasteiger partial charge on any atom is -0.321 e. The van der Waals surface area contributed by atoms with E-state index in [1.165, 1.54) is 11.3 Å². The van der Waals surface area contributed by atoms with Gasteiger partial charge in [0.25, 0.3) is 0 Å². The Morgan fingerprint density at radius 2 is 2.05 bits per heavy atom. The molecule has 0 amide bonds. The first-order valence-electron chi connectivity index (χ1n) is 5.77. The molecule has 0 saturated heterocycles. The van der Waals surface area contributed by atoms with Crippen LogP contribution in [0, 0.1) is 0 Å². The highest BCUT2D eigenvalue weighted by Crippen LogP contribution is 2.32. The lowest BCUT2D eigenvalue weighted by molar-refractivity contribution is 0.511. The molecule has 2 heterocycles. The highest BCUT2D eigenvalue weighted by molar-refractivity contribution is 8.16. The van der Waals surface area contributed by atoms with Crippen LogP contribution in [-0.4, -0.2) is 28.5 Å². The number of nitrogens with zero attached hydrogens (tertiary/aromatic N) is 2. The average Bonchev–Trinajstić information content (AvgIpc) is 2.91. The van der Waals surface area contributed by atoms with Crippen molar-refractivity contribution >= 4 is 52.5 Å². The number of hydrogen-bond acceptors (Lipinski definition) is 3. The Bertz CT molecular complexity index is 513. The first-order chi connectivity index (χ1) is 8.76. The Balaban J connectivity index is 0.00000133. The van der Waals surface area contributed by atoms with Crippen LogP contribution in [0.15, 0.2) is 40.4 Å². The van der Waals surface area contributed by atoms with Crippen molar-refractivity contribution < 1.29 is 0 Å². The van der Waals surface area contributed by atoms with Crippen molar-refractivity contribution in [2.75, 3.05) is 12.4 Å². The summed E-state index contributed by atoms with van der Waals surface area (Å²) in [6.07, 6.45) is 0.952. The second-order valence-corrected chi connectivity index (χ2v) is 5.91. The van der Waals surface area contributed by atoms with Crippen LogP contribution in [0.4, 0.5) is 0 Å². The largest absolute Gasteiger partial charge is 0.321 e. The van der Waals surface area contributed by atoms with E-state index < -0.39 is 0 Å². The highest BCUT2D eigenvalue weighted by atomic mass is 35.5. The predicted octanol–water partition coefficient (Wildman–Crippen LogP) is 4.17. The van der Waals surface area contributed by atoms with Crippen molar-refractivity contribution in [3.63, 3.8) is 0 Å². The molecule has 0 N–H and O–H groups in total. The first kappa shape index (κ1) is 15.0. The van der Waals surface area contributed by atoms with Gasteiger partial charge in [0, 0.05) is 17.3 Å². The van der Waals surface area contributed by atoms with Gasteiger partial charge in [-0.1, -0.05) is 35.5 Å². The number of alkyl halides is 1. The van der Waals surface area contributed by atoms with Gasteiger partial charge in [-0.15, -0.1) is 24.0 Å². The number of thioether (sulfide) groups is 1. The number of benzene rings is 1. The number of hydrogen-bond donors (Lipinski definition) is 0. The lowest BCUT2D eigenvalue weighted by atomic mass is 10.1. The van der Waals surface area contributed by atoms with Crippen LogP contribution in [0.5, 0.6) is 0 Å². The molecule has 2 aliphatic heterocycles. The minimum absolute atomic E-state index is 0. The Hall–Kier alpha value is -0.350. The van der Waals surface area contributed by atoms with E-state index in [1.54, 1.807) is 11.8 Å². The molecule has 1 unspecified atom stereocenters. The Labute approximate surface area is 133 Å². The number of allylic oxidation sites excluding steroid dienone is 1. The molecule has 0 spiro atoms. The number of fused-ring (bicyclic) bond motifs is 1. The molecule has 2 aliphatic rings. The molecule has 0 radical (unpaired) electrons. The maximum atomic E-state index is 5.91. The molecule has 102 valence electrons. The molecular formula is C13H13Cl3N2S. The fourth-order valence-corrected chi connectivity index (χ4v) is 3.60. The summed E-state index contributed by atoms with van der Waals surface area (Å²) >= 11 is 13.5.